The number of carboxylic acid groups (broad SMARTS) is 1. The zero-order valence-corrected chi connectivity index (χ0v) is 11.6. The number of hydrogen-bond acceptors (Lipinski definition) is 3. The van der Waals surface area contributed by atoms with Gasteiger partial charge in [0, 0.05) is 26.1 Å². The van der Waals surface area contributed by atoms with E-state index in [0.717, 1.165) is 0 Å². The summed E-state index contributed by atoms with van der Waals surface area (Å²) >= 11 is 0. The second-order valence-electron chi connectivity index (χ2n) is 5.86. The third-order valence-corrected chi connectivity index (χ3v) is 4.38. The zero-order chi connectivity index (χ0) is 15.7. The van der Waals surface area contributed by atoms with Gasteiger partial charge in [0.1, 0.15) is 0 Å². The number of hydrogen-bond donors (Lipinski definition) is 2. The van der Waals surface area contributed by atoms with E-state index in [4.69, 9.17) is 5.11 Å². The number of halogens is 3. The third kappa shape index (κ3) is 3.14. The number of likely N-dealkylation sites (tertiary alicyclic amines) is 1. The van der Waals surface area contributed by atoms with Gasteiger partial charge in [0.05, 0.1) is 0 Å². The predicted molar refractivity (Wildman–Crippen MR) is 67.5 cm³/mol. The maximum absolute atomic E-state index is 13.3. The van der Waals surface area contributed by atoms with E-state index in [9.17, 15) is 22.8 Å². The number of carbonyl (C=O) groups excluding carboxylic acids is 1. The summed E-state index contributed by atoms with van der Waals surface area (Å²) in [5.41, 5.74) is -2.35. The summed E-state index contributed by atoms with van der Waals surface area (Å²) in [5, 5.41) is 11.4. The molecule has 120 valence electrons. The maximum atomic E-state index is 13.3. The Kier molecular flexibility index (Phi) is 4.46. The lowest BCUT2D eigenvalue weighted by Gasteiger charge is -2.39. The lowest BCUT2D eigenvalue weighted by molar-refractivity contribution is -0.222. The van der Waals surface area contributed by atoms with Crippen molar-refractivity contribution in [1.82, 2.24) is 10.2 Å². The summed E-state index contributed by atoms with van der Waals surface area (Å²) < 4.78 is 40.0. The number of nitrogens with one attached hydrogen (secondary N) is 1. The van der Waals surface area contributed by atoms with Gasteiger partial charge in [-0.2, -0.15) is 13.2 Å². The molecule has 2 atom stereocenters. The maximum Gasteiger partial charge on any atom is 0.404 e. The first kappa shape index (κ1) is 16.1. The molecule has 0 spiro atoms. The first-order chi connectivity index (χ1) is 9.76. The largest absolute Gasteiger partial charge is 0.481 e. The van der Waals surface area contributed by atoms with Crippen molar-refractivity contribution < 1.29 is 27.9 Å². The van der Waals surface area contributed by atoms with Crippen LogP contribution in [0.5, 0.6) is 0 Å². The molecular weight excluding hydrogens is 289 g/mol. The molecule has 0 aliphatic carbocycles. The topological polar surface area (TPSA) is 69.6 Å². The second-order valence-corrected chi connectivity index (χ2v) is 5.86. The molecule has 2 fully saturated rings. The molecule has 2 saturated heterocycles. The van der Waals surface area contributed by atoms with E-state index >= 15 is 0 Å². The second kappa shape index (κ2) is 5.82. The van der Waals surface area contributed by atoms with Crippen molar-refractivity contribution in [2.24, 2.45) is 11.3 Å². The van der Waals surface area contributed by atoms with Crippen LogP contribution >= 0.6 is 0 Å². The summed E-state index contributed by atoms with van der Waals surface area (Å²) in [6.07, 6.45) is -3.78. The van der Waals surface area contributed by atoms with Gasteiger partial charge in [0.2, 0.25) is 5.91 Å². The summed E-state index contributed by atoms with van der Waals surface area (Å²) in [6.45, 7) is 0.142. The molecule has 0 aromatic carbocycles. The Hall–Kier alpha value is -1.31. The number of nitrogens with zero attached hydrogens (tertiary/aromatic N) is 1. The minimum absolute atomic E-state index is 0.100. The highest BCUT2D eigenvalue weighted by Crippen LogP contribution is 2.45. The number of carbonyl (C=O) groups is 2. The fourth-order valence-corrected chi connectivity index (χ4v) is 3.20. The molecule has 5 nitrogen and oxygen atoms in total. The molecule has 0 aromatic heterocycles. The summed E-state index contributed by atoms with van der Waals surface area (Å²) in [6, 6.07) is 0. The molecule has 1 amide bonds. The van der Waals surface area contributed by atoms with Gasteiger partial charge < -0.3 is 15.3 Å². The van der Waals surface area contributed by atoms with Crippen molar-refractivity contribution >= 4 is 11.9 Å². The van der Waals surface area contributed by atoms with Crippen LogP contribution in [-0.4, -0.2) is 54.2 Å². The predicted octanol–water partition coefficient (Wildman–Crippen LogP) is 1.24. The van der Waals surface area contributed by atoms with Crippen LogP contribution in [0.1, 0.15) is 25.7 Å². The fourth-order valence-electron chi connectivity index (χ4n) is 3.20. The lowest BCUT2D eigenvalue weighted by Crippen LogP contribution is -2.55. The molecule has 0 radical (unpaired) electrons. The van der Waals surface area contributed by atoms with Gasteiger partial charge in [0.25, 0.3) is 0 Å². The summed E-state index contributed by atoms with van der Waals surface area (Å²) in [5.74, 6) is -2.16. The number of rotatable bonds is 3. The van der Waals surface area contributed by atoms with Gasteiger partial charge >= 0.3 is 12.1 Å². The van der Waals surface area contributed by atoms with E-state index in [-0.39, 0.29) is 38.4 Å². The minimum Gasteiger partial charge on any atom is -0.481 e. The average molecular weight is 308 g/mol. The van der Waals surface area contributed by atoms with E-state index < -0.39 is 30.0 Å². The normalized spacial score (nSPS) is 30.4. The molecule has 2 unspecified atom stereocenters. The quantitative estimate of drug-likeness (QED) is 0.823. The summed E-state index contributed by atoms with van der Waals surface area (Å²) in [7, 11) is 0. The Balaban J connectivity index is 2.12. The first-order valence-electron chi connectivity index (χ1n) is 7.05. The van der Waals surface area contributed by atoms with E-state index in [0.29, 0.717) is 12.8 Å². The minimum atomic E-state index is -4.59. The van der Waals surface area contributed by atoms with Crippen molar-refractivity contribution in [3.05, 3.63) is 0 Å². The molecule has 2 aliphatic heterocycles. The highest BCUT2D eigenvalue weighted by molar-refractivity contribution is 5.84. The van der Waals surface area contributed by atoms with E-state index in [1.54, 1.807) is 0 Å². The number of alkyl halides is 3. The van der Waals surface area contributed by atoms with Gasteiger partial charge in [-0.25, -0.2) is 0 Å². The lowest BCUT2D eigenvalue weighted by atomic mass is 9.83. The van der Waals surface area contributed by atoms with Crippen LogP contribution in [0.25, 0.3) is 0 Å². The molecule has 8 heteroatoms. The van der Waals surface area contributed by atoms with Gasteiger partial charge in [-0.3, -0.25) is 9.59 Å². The molecule has 0 bridgehead atoms. The molecular formula is C13H19F3N2O3. The smallest absolute Gasteiger partial charge is 0.404 e. The van der Waals surface area contributed by atoms with Crippen molar-refractivity contribution in [1.29, 1.82) is 0 Å². The van der Waals surface area contributed by atoms with Crippen LogP contribution in [0.4, 0.5) is 13.2 Å². The van der Waals surface area contributed by atoms with Gasteiger partial charge in [-0.1, -0.05) is 0 Å². The number of carboxylic acids is 1. The van der Waals surface area contributed by atoms with Crippen LogP contribution < -0.4 is 5.32 Å². The molecule has 21 heavy (non-hydrogen) atoms. The van der Waals surface area contributed by atoms with Gasteiger partial charge in [-0.05, 0) is 31.7 Å². The Morgan fingerprint density at radius 1 is 1.38 bits per heavy atom. The van der Waals surface area contributed by atoms with E-state index in [2.05, 4.69) is 5.32 Å². The number of amides is 1. The van der Waals surface area contributed by atoms with Crippen LogP contribution in [0.3, 0.4) is 0 Å². The van der Waals surface area contributed by atoms with Gasteiger partial charge in [0.15, 0.2) is 5.41 Å². The summed E-state index contributed by atoms with van der Waals surface area (Å²) in [4.78, 5) is 24.4. The highest BCUT2D eigenvalue weighted by atomic mass is 19.4. The van der Waals surface area contributed by atoms with Crippen LogP contribution in [0, 0.1) is 11.3 Å². The van der Waals surface area contributed by atoms with Crippen LogP contribution in [0.2, 0.25) is 0 Å². The van der Waals surface area contributed by atoms with E-state index in [1.165, 1.54) is 4.90 Å². The third-order valence-electron chi connectivity index (χ3n) is 4.38. The zero-order valence-electron chi connectivity index (χ0n) is 11.6. The Bertz CT molecular complexity index is 419. The molecule has 2 rings (SSSR count). The number of aliphatic carboxylic acids is 1. The van der Waals surface area contributed by atoms with Crippen molar-refractivity contribution in [2.75, 3.05) is 26.2 Å². The molecule has 0 aromatic rings. The van der Waals surface area contributed by atoms with Gasteiger partial charge in [-0.15, -0.1) is 0 Å². The van der Waals surface area contributed by atoms with Crippen LogP contribution in [0.15, 0.2) is 0 Å². The first-order valence-corrected chi connectivity index (χ1v) is 7.05. The number of piperidine rings is 1. The standard InChI is InChI=1S/C13H19F3N2O3/c14-13(15,16)12(3-4-17-8-12)11(21)18-5-1-2-9(7-18)6-10(19)20/h9,17H,1-8H2,(H,19,20). The highest BCUT2D eigenvalue weighted by Gasteiger charge is 2.62. The van der Waals surface area contributed by atoms with Crippen molar-refractivity contribution in [3.63, 3.8) is 0 Å². The monoisotopic (exact) mass is 308 g/mol. The molecule has 2 N–H and O–H groups in total. The molecule has 2 heterocycles. The average Bonchev–Trinajstić information content (AvgIpc) is 2.87. The Morgan fingerprint density at radius 3 is 2.62 bits per heavy atom. The van der Waals surface area contributed by atoms with E-state index in [1.807, 2.05) is 0 Å². The van der Waals surface area contributed by atoms with Crippen molar-refractivity contribution in [2.45, 2.75) is 31.9 Å². The Morgan fingerprint density at radius 2 is 2.10 bits per heavy atom. The van der Waals surface area contributed by atoms with Crippen molar-refractivity contribution in [3.8, 4) is 0 Å². The van der Waals surface area contributed by atoms with Crippen LogP contribution in [-0.2, 0) is 9.59 Å². The SMILES string of the molecule is O=C(O)CC1CCCN(C(=O)C2(C(F)(F)F)CCNC2)C1. The molecule has 2 aliphatic rings. The molecule has 0 saturated carbocycles. The Labute approximate surface area is 120 Å². The fraction of sp³-hybridized carbons (Fsp3) is 0.846.